The zero-order chi connectivity index (χ0) is 18.4. The minimum atomic E-state index is -0.623. The number of piperidine rings is 1. The molecule has 0 aliphatic carbocycles. The number of nitrogens with zero attached hydrogens (tertiary/aromatic N) is 1. The van der Waals surface area contributed by atoms with Gasteiger partial charge in [-0.25, -0.2) is 0 Å². The summed E-state index contributed by atoms with van der Waals surface area (Å²) in [5, 5.41) is 7.48. The molecule has 138 valence electrons. The van der Waals surface area contributed by atoms with Gasteiger partial charge >= 0.3 is 0 Å². The molecular weight excluding hydrogens is 338 g/mol. The van der Waals surface area contributed by atoms with Gasteiger partial charge in [0.05, 0.1) is 4.88 Å². The van der Waals surface area contributed by atoms with Crippen molar-refractivity contribution in [2.75, 3.05) is 6.54 Å². The van der Waals surface area contributed by atoms with Crippen molar-refractivity contribution in [3.63, 3.8) is 0 Å². The maximum Gasteiger partial charge on any atom is 0.264 e. The highest BCUT2D eigenvalue weighted by atomic mass is 32.1. The number of nitrogens with one attached hydrogen (secondary N) is 2. The molecule has 0 spiro atoms. The molecule has 3 unspecified atom stereocenters. The minimum absolute atomic E-state index is 0.0680. The van der Waals surface area contributed by atoms with E-state index in [1.54, 1.807) is 17.9 Å². The first-order valence-corrected chi connectivity index (χ1v) is 9.77. The van der Waals surface area contributed by atoms with Crippen LogP contribution in [-0.2, 0) is 9.59 Å². The van der Waals surface area contributed by atoms with Gasteiger partial charge in [-0.15, -0.1) is 11.3 Å². The minimum Gasteiger partial charge on any atom is -0.352 e. The van der Waals surface area contributed by atoms with E-state index in [-0.39, 0.29) is 23.8 Å². The smallest absolute Gasteiger partial charge is 0.264 e. The molecule has 2 rings (SSSR count). The average Bonchev–Trinajstić information content (AvgIpc) is 3.15. The molecule has 1 aromatic heterocycles. The van der Waals surface area contributed by atoms with Gasteiger partial charge in [0.15, 0.2) is 0 Å². The van der Waals surface area contributed by atoms with Crippen LogP contribution < -0.4 is 10.6 Å². The first-order valence-electron chi connectivity index (χ1n) is 8.89. The molecule has 25 heavy (non-hydrogen) atoms. The van der Waals surface area contributed by atoms with Gasteiger partial charge in [0.2, 0.25) is 11.8 Å². The van der Waals surface area contributed by atoms with E-state index < -0.39 is 12.1 Å². The fourth-order valence-corrected chi connectivity index (χ4v) is 3.51. The first kappa shape index (κ1) is 19.4. The van der Waals surface area contributed by atoms with E-state index in [2.05, 4.69) is 10.6 Å². The monoisotopic (exact) mass is 365 g/mol. The van der Waals surface area contributed by atoms with Crippen molar-refractivity contribution in [2.45, 2.75) is 64.6 Å². The van der Waals surface area contributed by atoms with Crippen molar-refractivity contribution in [1.82, 2.24) is 15.5 Å². The van der Waals surface area contributed by atoms with E-state index in [9.17, 15) is 14.4 Å². The number of hydrogen-bond acceptors (Lipinski definition) is 4. The zero-order valence-electron chi connectivity index (χ0n) is 15.1. The Hall–Kier alpha value is -1.89. The average molecular weight is 365 g/mol. The molecule has 1 aliphatic rings. The molecule has 0 bridgehead atoms. The third kappa shape index (κ3) is 5.04. The van der Waals surface area contributed by atoms with Crippen LogP contribution in [0.25, 0.3) is 0 Å². The van der Waals surface area contributed by atoms with Crippen LogP contribution in [0.3, 0.4) is 0 Å². The van der Waals surface area contributed by atoms with Crippen molar-refractivity contribution in [2.24, 2.45) is 0 Å². The van der Waals surface area contributed by atoms with E-state index in [1.165, 1.54) is 11.3 Å². The number of likely N-dealkylation sites (tertiary alicyclic amines) is 1. The lowest BCUT2D eigenvalue weighted by atomic mass is 10.0. The molecule has 0 saturated carbocycles. The predicted molar refractivity (Wildman–Crippen MR) is 98.5 cm³/mol. The topological polar surface area (TPSA) is 78.5 Å². The van der Waals surface area contributed by atoms with Crippen LogP contribution >= 0.6 is 11.3 Å². The summed E-state index contributed by atoms with van der Waals surface area (Å²) in [6, 6.07) is 2.54. The van der Waals surface area contributed by atoms with Crippen LogP contribution in [0.1, 0.15) is 56.1 Å². The Bertz CT molecular complexity index is 603. The SMILES string of the molecule is CCC(C)NC(=O)C(C)NC(=O)C1CCCCN1C(=O)c1cccs1. The van der Waals surface area contributed by atoms with Crippen LogP contribution in [0, 0.1) is 0 Å². The van der Waals surface area contributed by atoms with Crippen molar-refractivity contribution in [1.29, 1.82) is 0 Å². The van der Waals surface area contributed by atoms with Gasteiger partial charge < -0.3 is 15.5 Å². The maximum absolute atomic E-state index is 12.7. The molecule has 1 fully saturated rings. The zero-order valence-corrected chi connectivity index (χ0v) is 15.9. The first-order chi connectivity index (χ1) is 11.9. The molecule has 2 heterocycles. The highest BCUT2D eigenvalue weighted by Gasteiger charge is 2.34. The summed E-state index contributed by atoms with van der Waals surface area (Å²) in [6.45, 7) is 6.16. The molecule has 6 nitrogen and oxygen atoms in total. The summed E-state index contributed by atoms with van der Waals surface area (Å²) in [5.74, 6) is -0.558. The van der Waals surface area contributed by atoms with Crippen LogP contribution in [-0.4, -0.2) is 47.3 Å². The Morgan fingerprint density at radius 1 is 1.28 bits per heavy atom. The fraction of sp³-hybridized carbons (Fsp3) is 0.611. The van der Waals surface area contributed by atoms with E-state index in [0.717, 1.165) is 19.3 Å². The molecule has 3 atom stereocenters. The molecule has 7 heteroatoms. The third-order valence-electron chi connectivity index (χ3n) is 4.55. The van der Waals surface area contributed by atoms with E-state index in [0.29, 0.717) is 17.8 Å². The van der Waals surface area contributed by atoms with E-state index in [4.69, 9.17) is 0 Å². The summed E-state index contributed by atoms with van der Waals surface area (Å²) in [7, 11) is 0. The largest absolute Gasteiger partial charge is 0.352 e. The van der Waals surface area contributed by atoms with Crippen molar-refractivity contribution in [3.8, 4) is 0 Å². The van der Waals surface area contributed by atoms with Gasteiger partial charge in [-0.2, -0.15) is 0 Å². The molecule has 1 aliphatic heterocycles. The number of amides is 3. The van der Waals surface area contributed by atoms with Crippen LogP contribution in [0.5, 0.6) is 0 Å². The maximum atomic E-state index is 12.7. The summed E-state index contributed by atoms with van der Waals surface area (Å²) < 4.78 is 0. The highest BCUT2D eigenvalue weighted by molar-refractivity contribution is 7.12. The quantitative estimate of drug-likeness (QED) is 0.811. The van der Waals surface area contributed by atoms with Crippen molar-refractivity contribution < 1.29 is 14.4 Å². The van der Waals surface area contributed by atoms with E-state index >= 15 is 0 Å². The van der Waals surface area contributed by atoms with Gasteiger partial charge in [-0.1, -0.05) is 13.0 Å². The molecule has 3 amide bonds. The summed E-state index contributed by atoms with van der Waals surface area (Å²) in [4.78, 5) is 39.7. The molecule has 0 aromatic carbocycles. The third-order valence-corrected chi connectivity index (χ3v) is 5.41. The van der Waals surface area contributed by atoms with Crippen LogP contribution in [0.2, 0.25) is 0 Å². The van der Waals surface area contributed by atoms with Gasteiger partial charge in [0, 0.05) is 12.6 Å². The second-order valence-corrected chi connectivity index (χ2v) is 7.48. The van der Waals surface area contributed by atoms with Crippen molar-refractivity contribution >= 4 is 29.1 Å². The Kier molecular flexibility index (Phi) is 6.99. The molecule has 1 saturated heterocycles. The van der Waals surface area contributed by atoms with Gasteiger partial charge in [-0.05, 0) is 51.0 Å². The standard InChI is InChI=1S/C18H27N3O3S/c1-4-12(2)19-16(22)13(3)20-17(23)14-8-5-6-10-21(14)18(24)15-9-7-11-25-15/h7,9,11-14H,4-6,8,10H2,1-3H3,(H,19,22)(H,20,23). The number of hydrogen-bond donors (Lipinski definition) is 2. The van der Waals surface area contributed by atoms with Crippen molar-refractivity contribution in [3.05, 3.63) is 22.4 Å². The molecular formula is C18H27N3O3S. The second kappa shape index (κ2) is 8.99. The number of rotatable bonds is 6. The van der Waals surface area contributed by atoms with Crippen LogP contribution in [0.4, 0.5) is 0 Å². The summed E-state index contributed by atoms with van der Waals surface area (Å²) >= 11 is 1.38. The predicted octanol–water partition coefficient (Wildman–Crippen LogP) is 2.16. The Balaban J connectivity index is 2.00. The highest BCUT2D eigenvalue weighted by Crippen LogP contribution is 2.22. The normalized spacial score (nSPS) is 19.8. The lowest BCUT2D eigenvalue weighted by Crippen LogP contribution is -2.56. The lowest BCUT2D eigenvalue weighted by Gasteiger charge is -2.35. The second-order valence-electron chi connectivity index (χ2n) is 6.54. The molecule has 1 aromatic rings. The van der Waals surface area contributed by atoms with Crippen LogP contribution in [0.15, 0.2) is 17.5 Å². The summed E-state index contributed by atoms with van der Waals surface area (Å²) in [5.41, 5.74) is 0. The Labute approximate surface area is 153 Å². The number of thiophene rings is 1. The molecule has 0 radical (unpaired) electrons. The Morgan fingerprint density at radius 3 is 2.68 bits per heavy atom. The number of carbonyl (C=O) groups excluding carboxylic acids is 3. The van der Waals surface area contributed by atoms with Gasteiger partial charge in [-0.3, -0.25) is 14.4 Å². The fourth-order valence-electron chi connectivity index (χ4n) is 2.83. The van der Waals surface area contributed by atoms with Gasteiger partial charge in [0.1, 0.15) is 12.1 Å². The Morgan fingerprint density at radius 2 is 2.04 bits per heavy atom. The number of carbonyl (C=O) groups is 3. The van der Waals surface area contributed by atoms with Gasteiger partial charge in [0.25, 0.3) is 5.91 Å². The molecule has 2 N–H and O–H groups in total. The van der Waals surface area contributed by atoms with E-state index in [1.807, 2.05) is 25.3 Å². The summed E-state index contributed by atoms with van der Waals surface area (Å²) in [6.07, 6.45) is 3.26. The lowest BCUT2D eigenvalue weighted by molar-refractivity contribution is -0.132.